The van der Waals surface area contributed by atoms with Crippen LogP contribution in [0.4, 0.5) is 5.82 Å². The first kappa shape index (κ1) is 14.6. The molecule has 0 fully saturated rings. The maximum atomic E-state index is 6.04. The van der Waals surface area contributed by atoms with Crippen LogP contribution in [0.5, 0.6) is 5.75 Å². The standard InChI is InChI=1S/C15H16ClN5O/c1-21-8-10(7-18-21)14-15(17)20-12-6-13(22-2)9(3-4-16)5-11(12)19-14/h5-8H,3-4H2,1-2H3,(H2,17,20). The third-order valence-corrected chi connectivity index (χ3v) is 3.62. The van der Waals surface area contributed by atoms with E-state index in [4.69, 9.17) is 22.1 Å². The first-order valence-electron chi connectivity index (χ1n) is 6.81. The van der Waals surface area contributed by atoms with Gasteiger partial charge in [0.05, 0.1) is 24.3 Å². The molecule has 0 atom stereocenters. The molecule has 0 aliphatic carbocycles. The van der Waals surface area contributed by atoms with Crippen molar-refractivity contribution >= 4 is 28.5 Å². The Labute approximate surface area is 132 Å². The summed E-state index contributed by atoms with van der Waals surface area (Å²) in [5.41, 5.74) is 9.96. The number of nitrogens with zero attached hydrogens (tertiary/aromatic N) is 4. The molecular weight excluding hydrogens is 302 g/mol. The highest BCUT2D eigenvalue weighted by Crippen LogP contribution is 2.29. The van der Waals surface area contributed by atoms with Gasteiger partial charge in [0.2, 0.25) is 0 Å². The van der Waals surface area contributed by atoms with Gasteiger partial charge >= 0.3 is 0 Å². The first-order valence-corrected chi connectivity index (χ1v) is 7.35. The maximum absolute atomic E-state index is 6.04. The van der Waals surface area contributed by atoms with Crippen molar-refractivity contribution in [2.75, 3.05) is 18.7 Å². The molecule has 2 aromatic heterocycles. The summed E-state index contributed by atoms with van der Waals surface area (Å²) in [6, 6.07) is 3.79. The number of hydrogen-bond acceptors (Lipinski definition) is 5. The number of aryl methyl sites for hydroxylation is 2. The van der Waals surface area contributed by atoms with E-state index in [1.807, 2.05) is 25.4 Å². The third-order valence-electron chi connectivity index (χ3n) is 3.44. The lowest BCUT2D eigenvalue weighted by Crippen LogP contribution is -2.00. The first-order chi connectivity index (χ1) is 10.6. The van der Waals surface area contributed by atoms with Crippen LogP contribution in [-0.4, -0.2) is 32.7 Å². The van der Waals surface area contributed by atoms with Crippen LogP contribution in [0.3, 0.4) is 0 Å². The molecule has 0 bridgehead atoms. The second-order valence-corrected chi connectivity index (χ2v) is 5.33. The fourth-order valence-corrected chi connectivity index (χ4v) is 2.59. The van der Waals surface area contributed by atoms with Crippen LogP contribution in [0, 0.1) is 0 Å². The molecule has 0 aliphatic rings. The van der Waals surface area contributed by atoms with Crippen molar-refractivity contribution in [2.45, 2.75) is 6.42 Å². The van der Waals surface area contributed by atoms with Crippen LogP contribution >= 0.6 is 11.6 Å². The molecule has 0 spiro atoms. The Morgan fingerprint density at radius 1 is 1.27 bits per heavy atom. The lowest BCUT2D eigenvalue weighted by Gasteiger charge is -2.10. The second kappa shape index (κ2) is 5.81. The predicted octanol–water partition coefficient (Wildman–Crippen LogP) is 2.40. The number of aromatic nitrogens is 4. The molecule has 0 unspecified atom stereocenters. The summed E-state index contributed by atoms with van der Waals surface area (Å²) in [5, 5.41) is 4.14. The summed E-state index contributed by atoms with van der Waals surface area (Å²) in [7, 11) is 3.47. The van der Waals surface area contributed by atoms with Crippen molar-refractivity contribution in [3.8, 4) is 17.0 Å². The Morgan fingerprint density at radius 3 is 2.68 bits per heavy atom. The van der Waals surface area contributed by atoms with Crippen LogP contribution in [0.15, 0.2) is 24.5 Å². The number of rotatable bonds is 4. The van der Waals surface area contributed by atoms with Gasteiger partial charge in [-0.25, -0.2) is 9.97 Å². The van der Waals surface area contributed by atoms with Crippen LogP contribution in [-0.2, 0) is 13.5 Å². The summed E-state index contributed by atoms with van der Waals surface area (Å²) in [4.78, 5) is 9.07. The van der Waals surface area contributed by atoms with E-state index < -0.39 is 0 Å². The van der Waals surface area contributed by atoms with E-state index in [1.54, 1.807) is 18.0 Å². The maximum Gasteiger partial charge on any atom is 0.150 e. The van der Waals surface area contributed by atoms with Crippen molar-refractivity contribution in [1.29, 1.82) is 0 Å². The van der Waals surface area contributed by atoms with E-state index >= 15 is 0 Å². The number of fused-ring (bicyclic) bond motifs is 1. The molecule has 6 nitrogen and oxygen atoms in total. The van der Waals surface area contributed by atoms with Crippen LogP contribution < -0.4 is 10.5 Å². The molecule has 7 heteroatoms. The Bertz CT molecular complexity index is 830. The van der Waals surface area contributed by atoms with E-state index in [1.165, 1.54) is 0 Å². The summed E-state index contributed by atoms with van der Waals surface area (Å²) < 4.78 is 7.09. The van der Waals surface area contributed by atoms with Crippen LogP contribution in [0.1, 0.15) is 5.56 Å². The van der Waals surface area contributed by atoms with Gasteiger partial charge in [-0.3, -0.25) is 4.68 Å². The summed E-state index contributed by atoms with van der Waals surface area (Å²) in [6.07, 6.45) is 4.28. The predicted molar refractivity (Wildman–Crippen MR) is 87.1 cm³/mol. The van der Waals surface area contributed by atoms with Gasteiger partial charge in [-0.1, -0.05) is 0 Å². The van der Waals surface area contributed by atoms with Crippen molar-refractivity contribution in [3.05, 3.63) is 30.1 Å². The van der Waals surface area contributed by atoms with E-state index in [0.29, 0.717) is 29.3 Å². The van der Waals surface area contributed by atoms with Crippen molar-refractivity contribution in [2.24, 2.45) is 7.05 Å². The number of benzene rings is 1. The fraction of sp³-hybridized carbons (Fsp3) is 0.267. The fourth-order valence-electron chi connectivity index (χ4n) is 2.38. The lowest BCUT2D eigenvalue weighted by atomic mass is 10.1. The Hall–Kier alpha value is -2.34. The summed E-state index contributed by atoms with van der Waals surface area (Å²) in [5.74, 6) is 1.63. The minimum absolute atomic E-state index is 0.368. The zero-order valence-corrected chi connectivity index (χ0v) is 13.1. The van der Waals surface area contributed by atoms with Gasteiger partial charge in [0, 0.05) is 30.8 Å². The van der Waals surface area contributed by atoms with Crippen molar-refractivity contribution < 1.29 is 4.74 Å². The van der Waals surface area contributed by atoms with Gasteiger partial charge < -0.3 is 10.5 Å². The minimum Gasteiger partial charge on any atom is -0.496 e. The normalized spacial score (nSPS) is 11.0. The number of hydrogen-bond donors (Lipinski definition) is 1. The molecular formula is C15H16ClN5O. The minimum atomic E-state index is 0.368. The number of halogens is 1. The van der Waals surface area contributed by atoms with Crippen LogP contribution in [0.25, 0.3) is 22.3 Å². The van der Waals surface area contributed by atoms with Crippen molar-refractivity contribution in [1.82, 2.24) is 19.7 Å². The van der Waals surface area contributed by atoms with Gasteiger partial charge in [-0.2, -0.15) is 5.10 Å². The number of nitrogen functional groups attached to an aromatic ring is 1. The van der Waals surface area contributed by atoms with E-state index in [-0.39, 0.29) is 0 Å². The summed E-state index contributed by atoms with van der Waals surface area (Å²) >= 11 is 5.85. The molecule has 1 aromatic carbocycles. The highest BCUT2D eigenvalue weighted by atomic mass is 35.5. The third kappa shape index (κ3) is 2.57. The monoisotopic (exact) mass is 317 g/mol. The number of methoxy groups -OCH3 is 1. The van der Waals surface area contributed by atoms with Gasteiger partial charge in [0.15, 0.2) is 5.82 Å². The molecule has 2 heterocycles. The molecule has 114 valence electrons. The van der Waals surface area contributed by atoms with Gasteiger partial charge in [0.25, 0.3) is 0 Å². The molecule has 3 aromatic rings. The Balaban J connectivity index is 2.19. The van der Waals surface area contributed by atoms with E-state index in [9.17, 15) is 0 Å². The molecule has 0 amide bonds. The number of nitrogens with two attached hydrogens (primary N) is 1. The molecule has 0 aliphatic heterocycles. The largest absolute Gasteiger partial charge is 0.496 e. The molecule has 3 rings (SSSR count). The van der Waals surface area contributed by atoms with E-state index in [0.717, 1.165) is 22.4 Å². The highest BCUT2D eigenvalue weighted by molar-refractivity contribution is 6.18. The Kier molecular flexibility index (Phi) is 3.85. The zero-order valence-electron chi connectivity index (χ0n) is 12.4. The summed E-state index contributed by atoms with van der Waals surface area (Å²) in [6.45, 7) is 0. The molecule has 2 N–H and O–H groups in total. The molecule has 22 heavy (non-hydrogen) atoms. The van der Waals surface area contributed by atoms with Crippen LogP contribution in [0.2, 0.25) is 0 Å². The number of anilines is 1. The average molecular weight is 318 g/mol. The van der Waals surface area contributed by atoms with Gasteiger partial charge in [0.1, 0.15) is 11.4 Å². The number of ether oxygens (including phenoxy) is 1. The van der Waals surface area contributed by atoms with Crippen molar-refractivity contribution in [3.63, 3.8) is 0 Å². The molecule has 0 radical (unpaired) electrons. The Morgan fingerprint density at radius 2 is 2.05 bits per heavy atom. The zero-order chi connectivity index (χ0) is 15.7. The average Bonchev–Trinajstić information content (AvgIpc) is 2.93. The number of alkyl halides is 1. The smallest absolute Gasteiger partial charge is 0.150 e. The molecule has 0 saturated carbocycles. The highest BCUT2D eigenvalue weighted by Gasteiger charge is 2.13. The van der Waals surface area contributed by atoms with Gasteiger partial charge in [-0.15, -0.1) is 11.6 Å². The lowest BCUT2D eigenvalue weighted by molar-refractivity contribution is 0.411. The topological polar surface area (TPSA) is 78.9 Å². The second-order valence-electron chi connectivity index (χ2n) is 4.95. The SMILES string of the molecule is COc1cc2nc(N)c(-c3cnn(C)c3)nc2cc1CCCl. The quantitative estimate of drug-likeness (QED) is 0.747. The van der Waals surface area contributed by atoms with Gasteiger partial charge in [-0.05, 0) is 18.1 Å². The molecule has 0 saturated heterocycles. The van der Waals surface area contributed by atoms with E-state index in [2.05, 4.69) is 15.1 Å².